The van der Waals surface area contributed by atoms with E-state index < -0.39 is 0 Å². The summed E-state index contributed by atoms with van der Waals surface area (Å²) >= 11 is 6.24. The second kappa shape index (κ2) is 7.72. The van der Waals surface area contributed by atoms with Crippen LogP contribution in [0.5, 0.6) is 0 Å². The van der Waals surface area contributed by atoms with E-state index in [0.717, 1.165) is 11.1 Å². The third kappa shape index (κ3) is 3.57. The van der Waals surface area contributed by atoms with Crippen LogP contribution in [-0.2, 0) is 4.79 Å². The van der Waals surface area contributed by atoms with Crippen molar-refractivity contribution >= 4 is 34.7 Å². The summed E-state index contributed by atoms with van der Waals surface area (Å²) in [5.74, 6) is -0.129. The van der Waals surface area contributed by atoms with Crippen LogP contribution in [0.1, 0.15) is 12.5 Å². The zero-order valence-corrected chi connectivity index (χ0v) is 17.3. The van der Waals surface area contributed by atoms with Crippen molar-refractivity contribution in [2.24, 2.45) is 0 Å². The van der Waals surface area contributed by atoms with Crippen molar-refractivity contribution in [1.29, 1.82) is 0 Å². The molecular weight excluding hydrogens is 407 g/mol. The average molecular weight is 425 g/mol. The third-order valence-corrected chi connectivity index (χ3v) is 4.78. The third-order valence-electron chi connectivity index (χ3n) is 4.59. The highest BCUT2D eigenvalue weighted by Gasteiger charge is 2.21. The van der Waals surface area contributed by atoms with Gasteiger partial charge < -0.3 is 10.6 Å². The van der Waals surface area contributed by atoms with Gasteiger partial charge in [-0.2, -0.15) is 5.10 Å². The van der Waals surface area contributed by atoms with Crippen molar-refractivity contribution < 1.29 is 9.18 Å². The van der Waals surface area contributed by atoms with Gasteiger partial charge in [0, 0.05) is 37.4 Å². The van der Waals surface area contributed by atoms with Crippen LogP contribution in [0.2, 0.25) is 5.15 Å². The van der Waals surface area contributed by atoms with Gasteiger partial charge in [-0.05, 0) is 42.8 Å². The maximum Gasteiger partial charge on any atom is 0.222 e. The van der Waals surface area contributed by atoms with Crippen molar-refractivity contribution in [2.75, 3.05) is 17.7 Å². The first-order valence-electron chi connectivity index (χ1n) is 9.15. The molecule has 2 N–H and O–H groups in total. The molecule has 0 unspecified atom stereocenters. The molecule has 0 fully saturated rings. The fraction of sp³-hybridized carbons (Fsp3) is 0.143. The van der Waals surface area contributed by atoms with Crippen molar-refractivity contribution in [2.45, 2.75) is 13.8 Å². The van der Waals surface area contributed by atoms with Crippen molar-refractivity contribution in [1.82, 2.24) is 19.6 Å². The van der Waals surface area contributed by atoms with E-state index in [2.05, 4.69) is 20.7 Å². The van der Waals surface area contributed by atoms with Gasteiger partial charge in [0.25, 0.3) is 0 Å². The van der Waals surface area contributed by atoms with Crippen LogP contribution < -0.4 is 10.6 Å². The standard InChI is InChI=1S/C21H18ClFN6O/c1-11-8-13(4-5-15(11)23)19-20(14-6-7-25-18(9-14)26-12(2)30)29-21(27-19)16(24-3)10-17(22)28-29/h4-10,24H,1-3H3,(H,25,26,30). The zero-order chi connectivity index (χ0) is 21.4. The number of rotatable bonds is 4. The molecule has 0 atom stereocenters. The monoisotopic (exact) mass is 424 g/mol. The Kier molecular flexibility index (Phi) is 5.09. The molecule has 0 aliphatic carbocycles. The number of pyridine rings is 1. The van der Waals surface area contributed by atoms with Crippen molar-refractivity contribution in [3.8, 4) is 22.5 Å². The second-order valence-corrected chi connectivity index (χ2v) is 7.14. The number of hydrogen-bond donors (Lipinski definition) is 2. The molecule has 0 aliphatic rings. The van der Waals surface area contributed by atoms with Crippen LogP contribution in [0, 0.1) is 12.7 Å². The van der Waals surface area contributed by atoms with E-state index in [1.807, 2.05) is 0 Å². The summed E-state index contributed by atoms with van der Waals surface area (Å²) in [6.45, 7) is 3.11. The number of nitrogens with one attached hydrogen (secondary N) is 2. The predicted octanol–water partition coefficient (Wildman–Crippen LogP) is 4.56. The Bertz CT molecular complexity index is 1290. The van der Waals surface area contributed by atoms with Gasteiger partial charge in [-0.15, -0.1) is 0 Å². The Labute approximate surface area is 176 Å². The number of halogens is 2. The summed E-state index contributed by atoms with van der Waals surface area (Å²) in [5.41, 5.74) is 4.45. The topological polar surface area (TPSA) is 84.2 Å². The molecule has 3 aromatic heterocycles. The van der Waals surface area contributed by atoms with Gasteiger partial charge in [-0.25, -0.2) is 18.9 Å². The summed E-state index contributed by atoms with van der Waals surface area (Å²) in [7, 11) is 1.77. The first-order chi connectivity index (χ1) is 14.4. The molecule has 0 saturated carbocycles. The quantitative estimate of drug-likeness (QED) is 0.501. The molecular formula is C21H18ClFN6O. The van der Waals surface area contributed by atoms with E-state index in [4.69, 9.17) is 16.6 Å². The summed E-state index contributed by atoms with van der Waals surface area (Å²) in [4.78, 5) is 20.4. The molecule has 30 heavy (non-hydrogen) atoms. The van der Waals surface area contributed by atoms with Crippen LogP contribution in [0.25, 0.3) is 28.2 Å². The molecule has 4 rings (SSSR count). The number of aromatic nitrogens is 4. The summed E-state index contributed by atoms with van der Waals surface area (Å²) in [5, 5.41) is 10.5. The molecule has 1 amide bonds. The number of anilines is 2. The number of hydrogen-bond acceptors (Lipinski definition) is 5. The molecule has 0 spiro atoms. The van der Waals surface area contributed by atoms with E-state index in [1.165, 1.54) is 13.0 Å². The number of carbonyl (C=O) groups excluding carboxylic acids is 1. The molecule has 0 aliphatic heterocycles. The van der Waals surface area contributed by atoms with Crippen molar-refractivity contribution in [3.05, 3.63) is 59.1 Å². The number of nitrogens with zero attached hydrogens (tertiary/aromatic N) is 4. The minimum atomic E-state index is -0.294. The predicted molar refractivity (Wildman–Crippen MR) is 115 cm³/mol. The Morgan fingerprint density at radius 2 is 1.97 bits per heavy atom. The van der Waals surface area contributed by atoms with E-state index in [-0.39, 0.29) is 16.9 Å². The van der Waals surface area contributed by atoms with E-state index in [0.29, 0.717) is 34.1 Å². The highest BCUT2D eigenvalue weighted by molar-refractivity contribution is 6.29. The first-order valence-corrected chi connectivity index (χ1v) is 9.52. The van der Waals surface area contributed by atoms with Crippen LogP contribution in [0.15, 0.2) is 42.6 Å². The zero-order valence-electron chi connectivity index (χ0n) is 16.5. The highest BCUT2D eigenvalue weighted by Crippen LogP contribution is 2.36. The maximum atomic E-state index is 13.9. The number of imidazole rings is 1. The Morgan fingerprint density at radius 1 is 1.17 bits per heavy atom. The summed E-state index contributed by atoms with van der Waals surface area (Å²) in [6, 6.07) is 10.0. The Hall–Kier alpha value is -3.52. The van der Waals surface area contributed by atoms with Gasteiger partial charge in [-0.3, -0.25) is 4.79 Å². The normalized spacial score (nSPS) is 11.0. The molecule has 7 nitrogen and oxygen atoms in total. The molecule has 0 saturated heterocycles. The lowest BCUT2D eigenvalue weighted by atomic mass is 10.0. The fourth-order valence-corrected chi connectivity index (χ4v) is 3.44. The molecule has 4 aromatic rings. The Morgan fingerprint density at radius 3 is 2.67 bits per heavy atom. The minimum Gasteiger partial charge on any atom is -0.385 e. The number of fused-ring (bicyclic) bond motifs is 1. The number of aryl methyl sites for hydroxylation is 1. The minimum absolute atomic E-state index is 0.231. The largest absolute Gasteiger partial charge is 0.385 e. The molecule has 152 valence electrons. The lowest BCUT2D eigenvalue weighted by molar-refractivity contribution is -0.114. The molecule has 0 radical (unpaired) electrons. The van der Waals surface area contributed by atoms with Crippen LogP contribution in [-0.4, -0.2) is 32.5 Å². The number of amides is 1. The molecule has 0 bridgehead atoms. The van der Waals surface area contributed by atoms with E-state index >= 15 is 0 Å². The second-order valence-electron chi connectivity index (χ2n) is 6.75. The SMILES string of the molecule is CNc1cc(Cl)nn2c(-c3ccnc(NC(C)=O)c3)c(-c3ccc(F)c(C)c3)nc12. The van der Waals surface area contributed by atoms with Gasteiger partial charge in [0.1, 0.15) is 17.3 Å². The maximum absolute atomic E-state index is 13.9. The van der Waals surface area contributed by atoms with Gasteiger partial charge in [0.2, 0.25) is 5.91 Å². The van der Waals surface area contributed by atoms with Crippen LogP contribution in [0.3, 0.4) is 0 Å². The van der Waals surface area contributed by atoms with Crippen molar-refractivity contribution in [3.63, 3.8) is 0 Å². The first kappa shape index (κ1) is 19.8. The molecule has 1 aromatic carbocycles. The number of benzene rings is 1. The van der Waals surface area contributed by atoms with Crippen LogP contribution in [0.4, 0.5) is 15.9 Å². The summed E-state index contributed by atoms with van der Waals surface area (Å²) in [6.07, 6.45) is 1.59. The van der Waals surface area contributed by atoms with Gasteiger partial charge in [0.05, 0.1) is 11.4 Å². The van der Waals surface area contributed by atoms with Gasteiger partial charge >= 0.3 is 0 Å². The molecule has 9 heteroatoms. The van der Waals surface area contributed by atoms with Gasteiger partial charge in [0.15, 0.2) is 10.8 Å². The lowest BCUT2D eigenvalue weighted by Gasteiger charge is -2.09. The highest BCUT2D eigenvalue weighted by atomic mass is 35.5. The van der Waals surface area contributed by atoms with E-state index in [1.54, 1.807) is 55.0 Å². The lowest BCUT2D eigenvalue weighted by Crippen LogP contribution is -2.07. The smallest absolute Gasteiger partial charge is 0.222 e. The fourth-order valence-electron chi connectivity index (χ4n) is 3.25. The van der Waals surface area contributed by atoms with Gasteiger partial charge in [-0.1, -0.05) is 11.6 Å². The van der Waals surface area contributed by atoms with Crippen LogP contribution >= 0.6 is 11.6 Å². The average Bonchev–Trinajstić information content (AvgIpc) is 3.08. The summed E-state index contributed by atoms with van der Waals surface area (Å²) < 4.78 is 15.5. The Balaban J connectivity index is 2.04. The molecule has 3 heterocycles. The number of carbonyl (C=O) groups is 1. The van der Waals surface area contributed by atoms with E-state index in [9.17, 15) is 9.18 Å².